The zero-order valence-electron chi connectivity index (χ0n) is 9.88. The molecule has 9 nitrogen and oxygen atoms in total. The van der Waals surface area contributed by atoms with Gasteiger partial charge in [-0.05, 0) is 0 Å². The van der Waals surface area contributed by atoms with Gasteiger partial charge >= 0.3 is 5.97 Å². The van der Waals surface area contributed by atoms with E-state index in [-0.39, 0.29) is 0 Å². The molecule has 110 valence electrons. The second-order valence-electron chi connectivity index (χ2n) is 4.06. The number of aliphatic hydroxyl groups excluding tert-OH is 5. The van der Waals surface area contributed by atoms with Crippen LogP contribution in [-0.4, -0.2) is 87.6 Å². The SMILES string of the molecule is O=C1O[C@H]([C@H](O)CO)C(OC[C@H](O)[C@H](O)CO)C1=O. The van der Waals surface area contributed by atoms with Crippen LogP contribution in [0.2, 0.25) is 0 Å². The van der Waals surface area contributed by atoms with E-state index in [2.05, 4.69) is 4.74 Å². The third-order valence-electron chi connectivity index (χ3n) is 2.65. The van der Waals surface area contributed by atoms with E-state index in [1.807, 2.05) is 0 Å². The molecule has 1 saturated heterocycles. The molecule has 0 aromatic heterocycles. The van der Waals surface area contributed by atoms with Crippen molar-refractivity contribution in [3.63, 3.8) is 0 Å². The molecule has 5 N–H and O–H groups in total. The van der Waals surface area contributed by atoms with Gasteiger partial charge in [-0.25, -0.2) is 4.79 Å². The van der Waals surface area contributed by atoms with Gasteiger partial charge in [-0.15, -0.1) is 0 Å². The number of aliphatic hydroxyl groups is 5. The Morgan fingerprint density at radius 2 is 1.74 bits per heavy atom. The normalized spacial score (nSPS) is 28.1. The maximum Gasteiger partial charge on any atom is 0.378 e. The van der Waals surface area contributed by atoms with Crippen molar-refractivity contribution in [1.29, 1.82) is 0 Å². The largest absolute Gasteiger partial charge is 0.450 e. The lowest BCUT2D eigenvalue weighted by atomic mass is 10.1. The van der Waals surface area contributed by atoms with E-state index in [1.165, 1.54) is 0 Å². The molecule has 0 aromatic rings. The van der Waals surface area contributed by atoms with Crippen LogP contribution in [0.1, 0.15) is 0 Å². The number of hydrogen-bond acceptors (Lipinski definition) is 9. The third kappa shape index (κ3) is 3.69. The van der Waals surface area contributed by atoms with E-state index in [0.29, 0.717) is 0 Å². The van der Waals surface area contributed by atoms with E-state index in [0.717, 1.165) is 0 Å². The monoisotopic (exact) mass is 280 g/mol. The van der Waals surface area contributed by atoms with Crippen LogP contribution >= 0.6 is 0 Å². The van der Waals surface area contributed by atoms with Crippen molar-refractivity contribution in [3.8, 4) is 0 Å². The number of Topliss-reactive ketones (excluding diaryl/α,β-unsaturated/α-hetero) is 1. The average Bonchev–Trinajstić information content (AvgIpc) is 2.70. The Balaban J connectivity index is 2.62. The van der Waals surface area contributed by atoms with Gasteiger partial charge in [0, 0.05) is 0 Å². The van der Waals surface area contributed by atoms with Crippen molar-refractivity contribution in [1.82, 2.24) is 0 Å². The van der Waals surface area contributed by atoms with Gasteiger partial charge in [-0.2, -0.15) is 0 Å². The van der Waals surface area contributed by atoms with Crippen LogP contribution in [0.25, 0.3) is 0 Å². The summed E-state index contributed by atoms with van der Waals surface area (Å²) in [6, 6.07) is 0. The van der Waals surface area contributed by atoms with Crippen LogP contribution in [0.4, 0.5) is 0 Å². The van der Waals surface area contributed by atoms with E-state index < -0.39 is 62.1 Å². The van der Waals surface area contributed by atoms with Gasteiger partial charge in [-0.3, -0.25) is 4.79 Å². The summed E-state index contributed by atoms with van der Waals surface area (Å²) in [7, 11) is 0. The number of carbonyl (C=O) groups is 2. The lowest BCUT2D eigenvalue weighted by Gasteiger charge is -2.22. The first-order valence-corrected chi connectivity index (χ1v) is 5.54. The molecule has 0 aromatic carbocycles. The number of hydrogen-bond donors (Lipinski definition) is 5. The maximum atomic E-state index is 11.4. The van der Waals surface area contributed by atoms with Crippen molar-refractivity contribution in [2.75, 3.05) is 19.8 Å². The zero-order valence-corrected chi connectivity index (χ0v) is 9.88. The minimum Gasteiger partial charge on any atom is -0.450 e. The van der Waals surface area contributed by atoms with Crippen molar-refractivity contribution < 1.29 is 44.6 Å². The molecule has 0 bridgehead atoms. The molecule has 1 heterocycles. The van der Waals surface area contributed by atoms with E-state index in [1.54, 1.807) is 0 Å². The summed E-state index contributed by atoms with van der Waals surface area (Å²) in [5.74, 6) is -2.26. The van der Waals surface area contributed by atoms with Crippen LogP contribution in [0.5, 0.6) is 0 Å². The molecule has 1 fully saturated rings. The molecule has 0 aliphatic carbocycles. The molecular weight excluding hydrogens is 264 g/mol. The Hall–Kier alpha value is -1.10. The fourth-order valence-electron chi connectivity index (χ4n) is 1.50. The smallest absolute Gasteiger partial charge is 0.378 e. The predicted molar refractivity (Wildman–Crippen MR) is 56.8 cm³/mol. The maximum absolute atomic E-state index is 11.4. The van der Waals surface area contributed by atoms with Crippen molar-refractivity contribution in [2.24, 2.45) is 0 Å². The average molecular weight is 280 g/mol. The fourth-order valence-corrected chi connectivity index (χ4v) is 1.50. The van der Waals surface area contributed by atoms with E-state index in [4.69, 9.17) is 20.1 Å². The van der Waals surface area contributed by atoms with Gasteiger partial charge in [-0.1, -0.05) is 0 Å². The van der Waals surface area contributed by atoms with Gasteiger partial charge in [0.1, 0.15) is 18.3 Å². The Kier molecular flexibility index (Phi) is 5.79. The first kappa shape index (κ1) is 16.0. The summed E-state index contributed by atoms with van der Waals surface area (Å²) in [5, 5.41) is 45.1. The standard InChI is InChI=1S/C10H16O9/c11-1-4(13)6(15)3-18-9-7(16)10(17)19-8(9)5(14)2-12/h4-6,8-9,11-15H,1-3H2/t4-,5-,6+,8-,9?/m1/s1. The first-order valence-electron chi connectivity index (χ1n) is 5.54. The molecule has 1 unspecified atom stereocenters. The molecule has 1 aliphatic heterocycles. The predicted octanol–water partition coefficient (Wildman–Crippen LogP) is -4.07. The van der Waals surface area contributed by atoms with Crippen molar-refractivity contribution in [2.45, 2.75) is 30.5 Å². The summed E-state index contributed by atoms with van der Waals surface area (Å²) in [6.07, 6.45) is -7.28. The number of cyclic esters (lactones) is 1. The second kappa shape index (κ2) is 6.89. The van der Waals surface area contributed by atoms with Crippen LogP contribution in [0.3, 0.4) is 0 Å². The van der Waals surface area contributed by atoms with Gasteiger partial charge < -0.3 is 35.0 Å². The van der Waals surface area contributed by atoms with Crippen LogP contribution in [0.15, 0.2) is 0 Å². The van der Waals surface area contributed by atoms with Crippen LogP contribution in [-0.2, 0) is 19.1 Å². The van der Waals surface area contributed by atoms with Crippen molar-refractivity contribution in [3.05, 3.63) is 0 Å². The summed E-state index contributed by atoms with van der Waals surface area (Å²) < 4.78 is 9.46. The molecule has 0 radical (unpaired) electrons. The first-order chi connectivity index (χ1) is 8.92. The van der Waals surface area contributed by atoms with Crippen LogP contribution in [0, 0.1) is 0 Å². The molecule has 9 heteroatoms. The minimum atomic E-state index is -1.50. The highest BCUT2D eigenvalue weighted by atomic mass is 16.6. The molecule has 19 heavy (non-hydrogen) atoms. The summed E-state index contributed by atoms with van der Waals surface area (Å²) in [5.41, 5.74) is 0. The molecule has 1 aliphatic rings. The van der Waals surface area contributed by atoms with E-state index in [9.17, 15) is 19.8 Å². The zero-order chi connectivity index (χ0) is 14.6. The quantitative estimate of drug-likeness (QED) is 0.231. The van der Waals surface area contributed by atoms with Gasteiger partial charge in [0.05, 0.1) is 19.8 Å². The highest BCUT2D eigenvalue weighted by molar-refractivity contribution is 6.37. The number of carbonyl (C=O) groups excluding carboxylic acids is 2. The molecular formula is C10H16O9. The highest BCUT2D eigenvalue weighted by Gasteiger charge is 2.48. The third-order valence-corrected chi connectivity index (χ3v) is 2.65. The fraction of sp³-hybridized carbons (Fsp3) is 0.800. The number of rotatable bonds is 7. The Morgan fingerprint density at radius 3 is 2.26 bits per heavy atom. The molecule has 0 amide bonds. The van der Waals surface area contributed by atoms with Gasteiger partial charge in [0.2, 0.25) is 0 Å². The lowest BCUT2D eigenvalue weighted by molar-refractivity contribution is -0.152. The minimum absolute atomic E-state index is 0.552. The van der Waals surface area contributed by atoms with Crippen molar-refractivity contribution >= 4 is 11.8 Å². The lowest BCUT2D eigenvalue weighted by Crippen LogP contribution is -2.43. The Morgan fingerprint density at radius 1 is 1.11 bits per heavy atom. The molecule has 0 saturated carbocycles. The molecule has 1 rings (SSSR count). The topological polar surface area (TPSA) is 154 Å². The summed E-state index contributed by atoms with van der Waals surface area (Å²) in [6.45, 7) is -2.00. The Labute approximate surface area is 108 Å². The summed E-state index contributed by atoms with van der Waals surface area (Å²) in [4.78, 5) is 22.5. The number of ketones is 1. The molecule has 0 spiro atoms. The Bertz CT molecular complexity index is 331. The highest BCUT2D eigenvalue weighted by Crippen LogP contribution is 2.19. The number of ether oxygens (including phenoxy) is 2. The summed E-state index contributed by atoms with van der Waals surface area (Å²) >= 11 is 0. The molecule has 5 atom stereocenters. The number of esters is 1. The second-order valence-corrected chi connectivity index (χ2v) is 4.06. The van der Waals surface area contributed by atoms with E-state index >= 15 is 0 Å². The van der Waals surface area contributed by atoms with Gasteiger partial charge in [0.25, 0.3) is 5.78 Å². The van der Waals surface area contributed by atoms with Gasteiger partial charge in [0.15, 0.2) is 12.2 Å². The van der Waals surface area contributed by atoms with Crippen LogP contribution < -0.4 is 0 Å².